The molecule has 0 fully saturated rings. The van der Waals surface area contributed by atoms with E-state index in [-0.39, 0.29) is 12.5 Å². The summed E-state index contributed by atoms with van der Waals surface area (Å²) in [4.78, 5) is 20.9. The fourth-order valence-corrected chi connectivity index (χ4v) is 0.483. The molecular formula is C7H12N2O2. The molecule has 0 saturated heterocycles. The van der Waals surface area contributed by atoms with Gasteiger partial charge in [0.2, 0.25) is 11.8 Å². The van der Waals surface area contributed by atoms with Crippen LogP contribution in [-0.2, 0) is 9.59 Å². The first-order valence-electron chi connectivity index (χ1n) is 3.33. The minimum absolute atomic E-state index is 0.0869. The predicted octanol–water partition coefficient (Wildman–Crippen LogP) is -0.446. The molecule has 0 atom stereocenters. The Labute approximate surface area is 65.5 Å². The summed E-state index contributed by atoms with van der Waals surface area (Å²) >= 11 is 0. The van der Waals surface area contributed by atoms with E-state index in [1.165, 1.54) is 0 Å². The molecule has 0 rings (SSSR count). The van der Waals surface area contributed by atoms with Crippen molar-refractivity contribution >= 4 is 11.8 Å². The maximum absolute atomic E-state index is 10.7. The van der Waals surface area contributed by atoms with Gasteiger partial charge in [0.05, 0.1) is 6.54 Å². The Morgan fingerprint density at radius 2 is 2.18 bits per heavy atom. The third-order valence-electron chi connectivity index (χ3n) is 0.999. The molecule has 0 bridgehead atoms. The standard InChI is InChI=1S/C7H12N2O2/c1-2-3-4-7(11)9-5-6(8)10/h2-3H,4-5H2,1H3,(H2,8,10)(H,9,11). The van der Waals surface area contributed by atoms with Gasteiger partial charge in [-0.3, -0.25) is 9.59 Å². The van der Waals surface area contributed by atoms with E-state index < -0.39 is 5.91 Å². The fraction of sp³-hybridized carbons (Fsp3) is 0.429. The van der Waals surface area contributed by atoms with E-state index >= 15 is 0 Å². The zero-order valence-electron chi connectivity index (χ0n) is 6.46. The number of carbonyl (C=O) groups is 2. The van der Waals surface area contributed by atoms with Gasteiger partial charge in [-0.2, -0.15) is 0 Å². The highest BCUT2D eigenvalue weighted by atomic mass is 16.2. The van der Waals surface area contributed by atoms with Crippen molar-refractivity contribution < 1.29 is 9.59 Å². The second-order valence-corrected chi connectivity index (χ2v) is 2.02. The zero-order valence-corrected chi connectivity index (χ0v) is 6.46. The van der Waals surface area contributed by atoms with Crippen LogP contribution in [0.1, 0.15) is 13.3 Å². The van der Waals surface area contributed by atoms with Gasteiger partial charge in [0.1, 0.15) is 0 Å². The quantitative estimate of drug-likeness (QED) is 0.541. The Bertz CT molecular complexity index is 175. The number of hydrogen-bond acceptors (Lipinski definition) is 2. The van der Waals surface area contributed by atoms with Gasteiger partial charge in [0.15, 0.2) is 0 Å². The van der Waals surface area contributed by atoms with Crippen LogP contribution in [0.2, 0.25) is 0 Å². The van der Waals surface area contributed by atoms with Gasteiger partial charge in [0.25, 0.3) is 0 Å². The Hall–Kier alpha value is -1.32. The summed E-state index contributed by atoms with van der Waals surface area (Å²) < 4.78 is 0. The summed E-state index contributed by atoms with van der Waals surface area (Å²) in [5.74, 6) is -0.722. The Morgan fingerprint density at radius 3 is 2.64 bits per heavy atom. The van der Waals surface area contributed by atoms with Gasteiger partial charge < -0.3 is 11.1 Å². The number of nitrogens with two attached hydrogens (primary N) is 1. The molecular weight excluding hydrogens is 144 g/mol. The molecule has 2 amide bonds. The molecule has 0 heterocycles. The first kappa shape index (κ1) is 9.68. The molecule has 0 aromatic carbocycles. The van der Waals surface area contributed by atoms with Crippen molar-refractivity contribution in [2.75, 3.05) is 6.54 Å². The minimum atomic E-state index is -0.529. The number of amides is 2. The molecule has 4 nitrogen and oxygen atoms in total. The van der Waals surface area contributed by atoms with E-state index in [1.807, 2.05) is 6.92 Å². The summed E-state index contributed by atoms with van der Waals surface area (Å²) in [7, 11) is 0. The maximum Gasteiger partial charge on any atom is 0.236 e. The lowest BCUT2D eigenvalue weighted by atomic mass is 10.3. The summed E-state index contributed by atoms with van der Waals surface area (Å²) in [6, 6.07) is 0. The summed E-state index contributed by atoms with van der Waals surface area (Å²) in [6.07, 6.45) is 3.77. The fourth-order valence-electron chi connectivity index (χ4n) is 0.483. The van der Waals surface area contributed by atoms with Crippen LogP contribution >= 0.6 is 0 Å². The molecule has 0 aliphatic carbocycles. The van der Waals surface area contributed by atoms with Crippen LogP contribution in [0.15, 0.2) is 12.2 Å². The second kappa shape index (κ2) is 5.46. The van der Waals surface area contributed by atoms with Crippen LogP contribution in [-0.4, -0.2) is 18.4 Å². The molecule has 0 aliphatic heterocycles. The second-order valence-electron chi connectivity index (χ2n) is 2.02. The first-order chi connectivity index (χ1) is 5.16. The number of hydrogen-bond donors (Lipinski definition) is 2. The Morgan fingerprint density at radius 1 is 1.55 bits per heavy atom. The third-order valence-corrected chi connectivity index (χ3v) is 0.999. The average Bonchev–Trinajstić information content (AvgIpc) is 1.97. The third kappa shape index (κ3) is 6.57. The monoisotopic (exact) mass is 156 g/mol. The van der Waals surface area contributed by atoms with Crippen molar-refractivity contribution in [2.45, 2.75) is 13.3 Å². The topological polar surface area (TPSA) is 72.2 Å². The van der Waals surface area contributed by atoms with Crippen molar-refractivity contribution in [1.29, 1.82) is 0 Å². The van der Waals surface area contributed by atoms with Crippen molar-refractivity contribution in [1.82, 2.24) is 5.32 Å². The van der Waals surface area contributed by atoms with Gasteiger partial charge in [-0.1, -0.05) is 12.2 Å². The number of allylic oxidation sites excluding steroid dienone is 1. The number of nitrogens with one attached hydrogen (secondary N) is 1. The highest BCUT2D eigenvalue weighted by Gasteiger charge is 1.98. The molecule has 0 spiro atoms. The first-order valence-corrected chi connectivity index (χ1v) is 3.33. The summed E-state index contributed by atoms with van der Waals surface area (Å²) in [5, 5.41) is 2.35. The highest BCUT2D eigenvalue weighted by Crippen LogP contribution is 1.81. The van der Waals surface area contributed by atoms with E-state index in [0.29, 0.717) is 6.42 Å². The summed E-state index contributed by atoms with van der Waals surface area (Å²) in [5.41, 5.74) is 4.80. The van der Waals surface area contributed by atoms with E-state index in [9.17, 15) is 9.59 Å². The molecule has 0 aromatic rings. The molecule has 0 aliphatic rings. The van der Waals surface area contributed by atoms with E-state index in [2.05, 4.69) is 5.32 Å². The van der Waals surface area contributed by atoms with Crippen LogP contribution in [0.5, 0.6) is 0 Å². The molecule has 62 valence electrons. The number of rotatable bonds is 4. The average molecular weight is 156 g/mol. The lowest BCUT2D eigenvalue weighted by molar-refractivity contribution is -0.124. The molecule has 0 unspecified atom stereocenters. The van der Waals surface area contributed by atoms with Crippen molar-refractivity contribution in [3.8, 4) is 0 Å². The van der Waals surface area contributed by atoms with E-state index in [1.54, 1.807) is 12.2 Å². The lowest BCUT2D eigenvalue weighted by Crippen LogP contribution is -2.32. The normalized spacial score (nSPS) is 9.91. The van der Waals surface area contributed by atoms with Gasteiger partial charge in [-0.25, -0.2) is 0 Å². The zero-order chi connectivity index (χ0) is 8.69. The molecule has 11 heavy (non-hydrogen) atoms. The van der Waals surface area contributed by atoms with Crippen LogP contribution < -0.4 is 11.1 Å². The van der Waals surface area contributed by atoms with Crippen molar-refractivity contribution in [3.63, 3.8) is 0 Å². The highest BCUT2D eigenvalue weighted by molar-refractivity contribution is 5.84. The molecule has 0 aromatic heterocycles. The van der Waals surface area contributed by atoms with E-state index in [4.69, 9.17) is 5.73 Å². The number of primary amides is 1. The smallest absolute Gasteiger partial charge is 0.236 e. The van der Waals surface area contributed by atoms with Crippen LogP contribution in [0.25, 0.3) is 0 Å². The van der Waals surface area contributed by atoms with Crippen LogP contribution in [0.4, 0.5) is 0 Å². The maximum atomic E-state index is 10.7. The SMILES string of the molecule is CC=CCC(=O)NCC(N)=O. The molecule has 3 N–H and O–H groups in total. The lowest BCUT2D eigenvalue weighted by Gasteiger charge is -1.97. The number of carbonyl (C=O) groups excluding carboxylic acids is 2. The minimum Gasteiger partial charge on any atom is -0.368 e. The predicted molar refractivity (Wildman–Crippen MR) is 41.6 cm³/mol. The largest absolute Gasteiger partial charge is 0.368 e. The van der Waals surface area contributed by atoms with E-state index in [0.717, 1.165) is 0 Å². The molecule has 0 radical (unpaired) electrons. The molecule has 0 saturated carbocycles. The van der Waals surface area contributed by atoms with Gasteiger partial charge in [-0.15, -0.1) is 0 Å². The van der Waals surface area contributed by atoms with Crippen molar-refractivity contribution in [2.24, 2.45) is 5.73 Å². The van der Waals surface area contributed by atoms with Crippen molar-refractivity contribution in [3.05, 3.63) is 12.2 Å². The molecule has 4 heteroatoms. The van der Waals surface area contributed by atoms with Gasteiger partial charge in [0, 0.05) is 6.42 Å². The van der Waals surface area contributed by atoms with Gasteiger partial charge in [-0.05, 0) is 6.92 Å². The van der Waals surface area contributed by atoms with Crippen LogP contribution in [0.3, 0.4) is 0 Å². The van der Waals surface area contributed by atoms with Crippen LogP contribution in [0, 0.1) is 0 Å². The Kier molecular flexibility index (Phi) is 4.81. The van der Waals surface area contributed by atoms with Gasteiger partial charge >= 0.3 is 0 Å². The Balaban J connectivity index is 3.45. The summed E-state index contributed by atoms with van der Waals surface area (Å²) in [6.45, 7) is 1.73.